The summed E-state index contributed by atoms with van der Waals surface area (Å²) in [5.41, 5.74) is 0.572. The lowest BCUT2D eigenvalue weighted by atomic mass is 10.0. The maximum absolute atomic E-state index is 11.6. The Hall–Kier alpha value is -2.88. The van der Waals surface area contributed by atoms with E-state index < -0.39 is 17.9 Å². The number of imide groups is 1. The highest BCUT2D eigenvalue weighted by Gasteiger charge is 2.15. The second-order valence-electron chi connectivity index (χ2n) is 4.57. The molecule has 0 saturated heterocycles. The van der Waals surface area contributed by atoms with Crippen molar-refractivity contribution in [3.63, 3.8) is 0 Å². The predicted octanol–water partition coefficient (Wildman–Crippen LogP) is 1.71. The van der Waals surface area contributed by atoms with Crippen molar-refractivity contribution < 1.29 is 19.5 Å². The van der Waals surface area contributed by atoms with Gasteiger partial charge in [-0.05, 0) is 18.1 Å². The Balaban J connectivity index is 2.52. The molecule has 0 spiro atoms. The number of aliphatic carboxylic acids is 1. The molecule has 21 heavy (non-hydrogen) atoms. The van der Waals surface area contributed by atoms with Crippen LogP contribution in [-0.2, 0) is 9.59 Å². The van der Waals surface area contributed by atoms with Crippen molar-refractivity contribution in [3.05, 3.63) is 29.8 Å². The Bertz CT molecular complexity index is 592. The number of carbonyl (C=O) groups excluding carboxylic acids is 2. The average molecular weight is 289 g/mol. The molecule has 1 aromatic rings. The maximum Gasteiger partial charge on any atom is 0.325 e. The zero-order valence-electron chi connectivity index (χ0n) is 11.4. The van der Waals surface area contributed by atoms with Gasteiger partial charge in [-0.2, -0.15) is 5.26 Å². The van der Waals surface area contributed by atoms with Crippen LogP contribution in [-0.4, -0.2) is 23.0 Å². The fourth-order valence-electron chi connectivity index (χ4n) is 1.71. The first-order valence-corrected chi connectivity index (χ1v) is 6.24. The fourth-order valence-corrected chi connectivity index (χ4v) is 1.71. The predicted molar refractivity (Wildman–Crippen MR) is 74.4 cm³/mol. The maximum atomic E-state index is 11.6. The summed E-state index contributed by atoms with van der Waals surface area (Å²) in [5.74, 6) is -1.94. The van der Waals surface area contributed by atoms with Crippen LogP contribution in [0.15, 0.2) is 24.3 Å². The minimum atomic E-state index is -0.998. The SMILES string of the molecule is CC(CC(=O)O)CC(=O)NC(=O)Nc1ccccc1C#N. The minimum absolute atomic E-state index is 0.0698. The molecule has 0 aliphatic heterocycles. The molecule has 7 heteroatoms. The minimum Gasteiger partial charge on any atom is -0.481 e. The van der Waals surface area contributed by atoms with Crippen molar-refractivity contribution in [1.82, 2.24) is 5.32 Å². The molecule has 0 aromatic heterocycles. The van der Waals surface area contributed by atoms with E-state index >= 15 is 0 Å². The Morgan fingerprint density at radius 1 is 1.29 bits per heavy atom. The summed E-state index contributed by atoms with van der Waals surface area (Å²) < 4.78 is 0. The third-order valence-electron chi connectivity index (χ3n) is 2.61. The van der Waals surface area contributed by atoms with Crippen molar-refractivity contribution in [2.75, 3.05) is 5.32 Å². The van der Waals surface area contributed by atoms with Crippen LogP contribution >= 0.6 is 0 Å². The number of benzene rings is 1. The summed E-state index contributed by atoms with van der Waals surface area (Å²) in [6, 6.07) is 7.53. The highest BCUT2D eigenvalue weighted by Crippen LogP contribution is 2.13. The number of rotatable bonds is 5. The number of urea groups is 1. The molecule has 7 nitrogen and oxygen atoms in total. The highest BCUT2D eigenvalue weighted by molar-refractivity contribution is 6.01. The van der Waals surface area contributed by atoms with Crippen LogP contribution in [0.25, 0.3) is 0 Å². The summed E-state index contributed by atoms with van der Waals surface area (Å²) in [4.78, 5) is 33.7. The monoisotopic (exact) mass is 289 g/mol. The Morgan fingerprint density at radius 2 is 1.95 bits per heavy atom. The average Bonchev–Trinajstić information content (AvgIpc) is 2.37. The van der Waals surface area contributed by atoms with E-state index in [1.165, 1.54) is 12.1 Å². The first-order valence-electron chi connectivity index (χ1n) is 6.24. The molecule has 110 valence electrons. The molecule has 3 N–H and O–H groups in total. The highest BCUT2D eigenvalue weighted by atomic mass is 16.4. The standard InChI is InChI=1S/C14H15N3O4/c1-9(7-13(19)20)6-12(18)17-14(21)16-11-5-3-2-4-10(11)8-15/h2-5,9H,6-7H2,1H3,(H,19,20)(H2,16,17,18,21). The van der Waals surface area contributed by atoms with Gasteiger partial charge in [0.25, 0.3) is 0 Å². The van der Waals surface area contributed by atoms with Crippen molar-refractivity contribution in [2.45, 2.75) is 19.8 Å². The van der Waals surface area contributed by atoms with E-state index in [0.717, 1.165) is 0 Å². The van der Waals surface area contributed by atoms with E-state index in [-0.39, 0.29) is 24.3 Å². The molecular formula is C14H15N3O4. The molecule has 0 fully saturated rings. The molecule has 1 rings (SSSR count). The van der Waals surface area contributed by atoms with Gasteiger partial charge in [-0.15, -0.1) is 0 Å². The smallest absolute Gasteiger partial charge is 0.325 e. The Labute approximate surface area is 121 Å². The van der Waals surface area contributed by atoms with Gasteiger partial charge >= 0.3 is 12.0 Å². The summed E-state index contributed by atoms with van der Waals surface area (Å²) in [5, 5.41) is 22.0. The van der Waals surface area contributed by atoms with Gasteiger partial charge in [0.1, 0.15) is 6.07 Å². The third-order valence-corrected chi connectivity index (χ3v) is 2.61. The van der Waals surface area contributed by atoms with E-state index in [1.54, 1.807) is 19.1 Å². The summed E-state index contributed by atoms with van der Waals surface area (Å²) in [6.45, 7) is 1.61. The largest absolute Gasteiger partial charge is 0.481 e. The number of carbonyl (C=O) groups is 3. The van der Waals surface area contributed by atoms with Crippen LogP contribution in [0.5, 0.6) is 0 Å². The van der Waals surface area contributed by atoms with Gasteiger partial charge in [0.05, 0.1) is 11.3 Å². The van der Waals surface area contributed by atoms with Gasteiger partial charge in [-0.25, -0.2) is 4.79 Å². The van der Waals surface area contributed by atoms with Gasteiger partial charge in [-0.1, -0.05) is 19.1 Å². The zero-order chi connectivity index (χ0) is 15.8. The number of hydrogen-bond acceptors (Lipinski definition) is 4. The number of nitriles is 1. The van der Waals surface area contributed by atoms with Crippen molar-refractivity contribution in [2.24, 2.45) is 5.92 Å². The molecule has 3 amide bonds. The second kappa shape index (κ2) is 7.65. The van der Waals surface area contributed by atoms with Crippen LogP contribution in [0.2, 0.25) is 0 Å². The van der Waals surface area contributed by atoms with Gasteiger partial charge in [-0.3, -0.25) is 14.9 Å². The number of nitrogens with one attached hydrogen (secondary N) is 2. The van der Waals surface area contributed by atoms with Crippen molar-refractivity contribution in [1.29, 1.82) is 5.26 Å². The van der Waals surface area contributed by atoms with Crippen LogP contribution < -0.4 is 10.6 Å². The first kappa shape index (κ1) is 16.2. The number of hydrogen-bond donors (Lipinski definition) is 3. The number of carboxylic acids is 1. The topological polar surface area (TPSA) is 119 Å². The summed E-state index contributed by atoms with van der Waals surface area (Å²) in [6.07, 6.45) is -0.216. The van der Waals surface area contributed by atoms with Gasteiger partial charge in [0.15, 0.2) is 0 Å². The van der Waals surface area contributed by atoms with E-state index in [9.17, 15) is 14.4 Å². The molecule has 1 unspecified atom stereocenters. The molecule has 1 atom stereocenters. The van der Waals surface area contributed by atoms with Crippen LogP contribution in [0.4, 0.5) is 10.5 Å². The normalized spacial score (nSPS) is 11.0. The van der Waals surface area contributed by atoms with Crippen LogP contribution in [0.1, 0.15) is 25.3 Å². The van der Waals surface area contributed by atoms with Crippen LogP contribution in [0, 0.1) is 17.2 Å². The number of amides is 3. The lowest BCUT2D eigenvalue weighted by molar-refractivity contribution is -0.138. The third kappa shape index (κ3) is 5.74. The van der Waals surface area contributed by atoms with Crippen LogP contribution in [0.3, 0.4) is 0 Å². The Kier molecular flexibility index (Phi) is 5.89. The zero-order valence-corrected chi connectivity index (χ0v) is 11.4. The molecule has 0 heterocycles. The lowest BCUT2D eigenvalue weighted by Gasteiger charge is -2.10. The molecule has 0 radical (unpaired) electrons. The van der Waals surface area contributed by atoms with Gasteiger partial charge in [0, 0.05) is 12.8 Å². The molecule has 0 aliphatic carbocycles. The number of para-hydroxylation sites is 1. The van der Waals surface area contributed by atoms with E-state index in [4.69, 9.17) is 10.4 Å². The molecule has 1 aromatic carbocycles. The fraction of sp³-hybridized carbons (Fsp3) is 0.286. The molecular weight excluding hydrogens is 274 g/mol. The van der Waals surface area contributed by atoms with E-state index in [0.29, 0.717) is 5.69 Å². The summed E-state index contributed by atoms with van der Waals surface area (Å²) in [7, 11) is 0. The van der Waals surface area contributed by atoms with Crippen molar-refractivity contribution >= 4 is 23.6 Å². The molecule has 0 bridgehead atoms. The number of carboxylic acid groups (broad SMARTS) is 1. The lowest BCUT2D eigenvalue weighted by Crippen LogP contribution is -2.35. The van der Waals surface area contributed by atoms with E-state index in [2.05, 4.69) is 10.6 Å². The molecule has 0 aliphatic rings. The van der Waals surface area contributed by atoms with Gasteiger partial charge in [0.2, 0.25) is 5.91 Å². The van der Waals surface area contributed by atoms with Crippen molar-refractivity contribution in [3.8, 4) is 6.07 Å². The molecule has 0 saturated carbocycles. The number of anilines is 1. The Morgan fingerprint density at radius 3 is 2.57 bits per heavy atom. The quantitative estimate of drug-likeness (QED) is 0.762. The van der Waals surface area contributed by atoms with Gasteiger partial charge < -0.3 is 10.4 Å². The number of nitrogens with zero attached hydrogens (tertiary/aromatic N) is 1. The first-order chi connectivity index (χ1) is 9.92. The second-order valence-corrected chi connectivity index (χ2v) is 4.57. The summed E-state index contributed by atoms with van der Waals surface area (Å²) >= 11 is 0. The van der Waals surface area contributed by atoms with E-state index in [1.807, 2.05) is 6.07 Å².